The van der Waals surface area contributed by atoms with E-state index in [1.54, 1.807) is 14.1 Å². The number of ether oxygens (including phenoxy) is 1. The van der Waals surface area contributed by atoms with Gasteiger partial charge in [-0.3, -0.25) is 9.59 Å². The van der Waals surface area contributed by atoms with Crippen molar-refractivity contribution in [2.75, 3.05) is 19.4 Å². The highest BCUT2D eigenvalue weighted by Crippen LogP contribution is 2.25. The minimum absolute atomic E-state index is 0.110. The molecule has 0 aliphatic rings. The van der Waals surface area contributed by atoms with E-state index in [1.165, 1.54) is 47.4 Å². The lowest BCUT2D eigenvalue weighted by Crippen LogP contribution is -2.22. The van der Waals surface area contributed by atoms with Crippen LogP contribution in [-0.4, -0.2) is 37.4 Å². The van der Waals surface area contributed by atoms with Gasteiger partial charge in [-0.25, -0.2) is 0 Å². The molecule has 25 heavy (non-hydrogen) atoms. The molecule has 2 rings (SSSR count). The van der Waals surface area contributed by atoms with E-state index in [-0.39, 0.29) is 27.9 Å². The maximum atomic E-state index is 12.3. The van der Waals surface area contributed by atoms with Gasteiger partial charge in [0.2, 0.25) is 0 Å². The van der Waals surface area contributed by atoms with Crippen molar-refractivity contribution in [3.8, 4) is 5.75 Å². The monoisotopic (exact) mass is 368 g/mol. The molecular weight excluding hydrogens is 354 g/mol. The normalized spacial score (nSPS) is 10.5. The molecule has 0 aliphatic heterocycles. The van der Waals surface area contributed by atoms with Gasteiger partial charge in [0.25, 0.3) is 11.8 Å². The van der Waals surface area contributed by atoms with Gasteiger partial charge in [0.15, 0.2) is 0 Å². The molecule has 0 saturated heterocycles. The van der Waals surface area contributed by atoms with Crippen LogP contribution in [0.2, 0.25) is 5.02 Å². The summed E-state index contributed by atoms with van der Waals surface area (Å²) in [6, 6.07) is 9.83. The maximum Gasteiger partial charge on any atom is 0.387 e. The molecule has 0 aromatic heterocycles. The second-order valence-electron chi connectivity index (χ2n) is 5.25. The summed E-state index contributed by atoms with van der Waals surface area (Å²) in [4.78, 5) is 25.7. The van der Waals surface area contributed by atoms with Crippen molar-refractivity contribution >= 4 is 29.1 Å². The zero-order chi connectivity index (χ0) is 18.6. The van der Waals surface area contributed by atoms with Crippen molar-refractivity contribution in [2.45, 2.75) is 6.61 Å². The van der Waals surface area contributed by atoms with Crippen molar-refractivity contribution in [3.63, 3.8) is 0 Å². The molecule has 0 radical (unpaired) electrons. The lowest BCUT2D eigenvalue weighted by molar-refractivity contribution is -0.0498. The summed E-state index contributed by atoms with van der Waals surface area (Å²) in [5.41, 5.74) is 0.692. The third-order valence-electron chi connectivity index (χ3n) is 3.19. The summed E-state index contributed by atoms with van der Waals surface area (Å²) >= 11 is 6.05. The molecule has 0 atom stereocenters. The van der Waals surface area contributed by atoms with Crippen molar-refractivity contribution in [1.82, 2.24) is 4.90 Å². The van der Waals surface area contributed by atoms with Crippen LogP contribution in [0.5, 0.6) is 5.75 Å². The summed E-state index contributed by atoms with van der Waals surface area (Å²) in [5.74, 6) is -0.958. The van der Waals surface area contributed by atoms with Gasteiger partial charge in [-0.15, -0.1) is 0 Å². The first-order valence-electron chi connectivity index (χ1n) is 7.15. The molecule has 0 unspecified atom stereocenters. The van der Waals surface area contributed by atoms with E-state index in [9.17, 15) is 18.4 Å². The van der Waals surface area contributed by atoms with Crippen molar-refractivity contribution in [2.24, 2.45) is 0 Å². The van der Waals surface area contributed by atoms with Gasteiger partial charge >= 0.3 is 6.61 Å². The van der Waals surface area contributed by atoms with Crippen molar-refractivity contribution in [1.29, 1.82) is 0 Å². The minimum Gasteiger partial charge on any atom is -0.435 e. The van der Waals surface area contributed by atoms with Crippen LogP contribution in [0, 0.1) is 0 Å². The van der Waals surface area contributed by atoms with Crippen LogP contribution in [0.1, 0.15) is 20.7 Å². The molecule has 0 bridgehead atoms. The Kier molecular flexibility index (Phi) is 5.93. The number of anilines is 1. The Morgan fingerprint density at radius 3 is 2.48 bits per heavy atom. The third kappa shape index (κ3) is 4.90. The van der Waals surface area contributed by atoms with Crippen LogP contribution < -0.4 is 10.1 Å². The van der Waals surface area contributed by atoms with E-state index in [0.717, 1.165) is 0 Å². The van der Waals surface area contributed by atoms with Gasteiger partial charge in [-0.05, 0) is 36.4 Å². The molecule has 1 N–H and O–H groups in total. The molecule has 8 heteroatoms. The van der Waals surface area contributed by atoms with Crippen molar-refractivity contribution < 1.29 is 23.1 Å². The Labute approximate surface area is 148 Å². The quantitative estimate of drug-likeness (QED) is 0.870. The Hall–Kier alpha value is -2.67. The van der Waals surface area contributed by atoms with Crippen LogP contribution in [0.4, 0.5) is 14.5 Å². The molecule has 0 heterocycles. The predicted octanol–water partition coefficient (Wildman–Crippen LogP) is 3.90. The van der Waals surface area contributed by atoms with Crippen LogP contribution in [0.15, 0.2) is 42.5 Å². The number of hydrogen-bond donors (Lipinski definition) is 1. The average molecular weight is 369 g/mol. The van der Waals surface area contributed by atoms with E-state index in [1.807, 2.05) is 0 Å². The second-order valence-corrected chi connectivity index (χ2v) is 5.66. The number of benzene rings is 2. The predicted molar refractivity (Wildman–Crippen MR) is 90.5 cm³/mol. The number of nitrogens with zero attached hydrogens (tertiary/aromatic N) is 1. The number of halogens is 3. The van der Waals surface area contributed by atoms with E-state index in [0.29, 0.717) is 5.56 Å². The molecule has 2 aromatic carbocycles. The van der Waals surface area contributed by atoms with Gasteiger partial charge < -0.3 is 15.0 Å². The van der Waals surface area contributed by atoms with Crippen LogP contribution in [-0.2, 0) is 0 Å². The SMILES string of the molecule is CN(C)C(=O)c1ccc(Cl)c(NC(=O)c2cccc(OC(F)F)c2)c1. The largest absolute Gasteiger partial charge is 0.435 e. The molecule has 0 aliphatic carbocycles. The summed E-state index contributed by atoms with van der Waals surface area (Å²) in [5, 5.41) is 2.80. The van der Waals surface area contributed by atoms with E-state index >= 15 is 0 Å². The fraction of sp³-hybridized carbons (Fsp3) is 0.176. The first-order valence-corrected chi connectivity index (χ1v) is 7.53. The summed E-state index contributed by atoms with van der Waals surface area (Å²) in [6.45, 7) is -2.98. The Morgan fingerprint density at radius 2 is 1.84 bits per heavy atom. The number of alkyl halides is 2. The number of carbonyl (C=O) groups is 2. The molecule has 0 saturated carbocycles. The maximum absolute atomic E-state index is 12.3. The first-order chi connectivity index (χ1) is 11.8. The van der Waals surface area contributed by atoms with Gasteiger partial charge in [-0.2, -0.15) is 8.78 Å². The van der Waals surface area contributed by atoms with Crippen LogP contribution in [0.25, 0.3) is 0 Å². The lowest BCUT2D eigenvalue weighted by atomic mass is 10.1. The van der Waals surface area contributed by atoms with E-state index in [2.05, 4.69) is 10.1 Å². The highest BCUT2D eigenvalue weighted by molar-refractivity contribution is 6.34. The van der Waals surface area contributed by atoms with Gasteiger partial charge in [0.05, 0.1) is 10.7 Å². The Balaban J connectivity index is 2.23. The molecule has 0 spiro atoms. The highest BCUT2D eigenvalue weighted by Gasteiger charge is 2.14. The molecule has 2 amide bonds. The second kappa shape index (κ2) is 7.94. The topological polar surface area (TPSA) is 58.6 Å². The number of nitrogens with one attached hydrogen (secondary N) is 1. The van der Waals surface area contributed by atoms with E-state index in [4.69, 9.17) is 11.6 Å². The van der Waals surface area contributed by atoms with Gasteiger partial charge in [-0.1, -0.05) is 17.7 Å². The number of hydrogen-bond acceptors (Lipinski definition) is 3. The standard InChI is InChI=1S/C17H15ClF2N2O3/c1-22(2)16(24)11-6-7-13(18)14(9-11)21-15(23)10-4-3-5-12(8-10)25-17(19)20/h3-9,17H,1-2H3,(H,21,23). The highest BCUT2D eigenvalue weighted by atomic mass is 35.5. The first kappa shape index (κ1) is 18.7. The minimum atomic E-state index is -2.98. The average Bonchev–Trinajstić information content (AvgIpc) is 2.55. The fourth-order valence-electron chi connectivity index (χ4n) is 2.02. The molecule has 5 nitrogen and oxygen atoms in total. The third-order valence-corrected chi connectivity index (χ3v) is 3.52. The molecule has 0 fully saturated rings. The molecular formula is C17H15ClF2N2O3. The van der Waals surface area contributed by atoms with Crippen LogP contribution in [0.3, 0.4) is 0 Å². The summed E-state index contributed by atoms with van der Waals surface area (Å²) in [7, 11) is 3.20. The number of amides is 2. The summed E-state index contributed by atoms with van der Waals surface area (Å²) < 4.78 is 28.8. The Bertz CT molecular complexity index is 797. The molecule has 2 aromatic rings. The fourth-order valence-corrected chi connectivity index (χ4v) is 2.19. The van der Waals surface area contributed by atoms with Crippen molar-refractivity contribution in [3.05, 3.63) is 58.6 Å². The lowest BCUT2D eigenvalue weighted by Gasteiger charge is -2.13. The van der Waals surface area contributed by atoms with E-state index < -0.39 is 12.5 Å². The van der Waals surface area contributed by atoms with Gasteiger partial charge in [0.1, 0.15) is 5.75 Å². The zero-order valence-electron chi connectivity index (χ0n) is 13.4. The smallest absolute Gasteiger partial charge is 0.387 e. The van der Waals surface area contributed by atoms with Crippen LogP contribution >= 0.6 is 11.6 Å². The van der Waals surface area contributed by atoms with Gasteiger partial charge in [0, 0.05) is 25.2 Å². The zero-order valence-corrected chi connectivity index (χ0v) is 14.2. The summed E-state index contributed by atoms with van der Waals surface area (Å²) in [6.07, 6.45) is 0. The molecule has 132 valence electrons. The number of rotatable bonds is 5. The Morgan fingerprint density at radius 1 is 1.12 bits per heavy atom. The number of carbonyl (C=O) groups excluding carboxylic acids is 2.